The Kier molecular flexibility index (Phi) is 3.88. The molecule has 1 aromatic carbocycles. The van der Waals surface area contributed by atoms with Gasteiger partial charge < -0.3 is 10.2 Å². The summed E-state index contributed by atoms with van der Waals surface area (Å²) >= 11 is 0. The zero-order chi connectivity index (χ0) is 14.0. The second kappa shape index (κ2) is 5.43. The molecule has 1 aliphatic rings. The first-order valence-corrected chi connectivity index (χ1v) is 6.66. The van der Waals surface area contributed by atoms with Crippen LogP contribution in [0.4, 0.5) is 5.69 Å². The van der Waals surface area contributed by atoms with Crippen molar-refractivity contribution >= 4 is 17.5 Å². The van der Waals surface area contributed by atoms with Gasteiger partial charge in [0.25, 0.3) is 0 Å². The van der Waals surface area contributed by atoms with Gasteiger partial charge in [-0.3, -0.25) is 9.59 Å². The van der Waals surface area contributed by atoms with Crippen LogP contribution in [0.3, 0.4) is 0 Å². The number of nitrogens with one attached hydrogen (secondary N) is 1. The number of hydrogen-bond acceptors (Lipinski definition) is 2. The van der Waals surface area contributed by atoms with E-state index in [1.54, 1.807) is 4.90 Å². The quantitative estimate of drug-likeness (QED) is 0.882. The van der Waals surface area contributed by atoms with E-state index in [-0.39, 0.29) is 17.7 Å². The Hall–Kier alpha value is -1.84. The monoisotopic (exact) mass is 260 g/mol. The number of nitrogens with zero attached hydrogens (tertiary/aromatic N) is 1. The highest BCUT2D eigenvalue weighted by molar-refractivity contribution is 6.01. The minimum atomic E-state index is -0.435. The number of carbonyl (C=O) groups excluding carboxylic acids is 2. The number of aryl methyl sites for hydroxylation is 1. The normalized spacial score (nSPS) is 20.4. The molecule has 102 valence electrons. The van der Waals surface area contributed by atoms with E-state index in [9.17, 15) is 9.59 Å². The van der Waals surface area contributed by atoms with Crippen LogP contribution in [0.25, 0.3) is 0 Å². The van der Waals surface area contributed by atoms with E-state index >= 15 is 0 Å². The maximum atomic E-state index is 12.6. The molecular formula is C15H20N2O2. The molecule has 19 heavy (non-hydrogen) atoms. The lowest BCUT2D eigenvalue weighted by Crippen LogP contribution is -2.47. The molecule has 0 radical (unpaired) electrons. The fourth-order valence-corrected chi connectivity index (χ4v) is 2.30. The molecule has 0 spiro atoms. The molecule has 1 fully saturated rings. The molecule has 1 atom stereocenters. The standard InChI is InChI=1S/C15H20N2O2/c1-10(2)14-15(19)17(8-7-13(18)16-14)12-6-4-5-11(3)9-12/h4-6,9-10,14H,7-8H2,1-3H3,(H,16,18). The number of rotatable bonds is 2. The first-order chi connectivity index (χ1) is 8.99. The first-order valence-electron chi connectivity index (χ1n) is 6.66. The lowest BCUT2D eigenvalue weighted by Gasteiger charge is -2.26. The van der Waals surface area contributed by atoms with Crippen molar-refractivity contribution < 1.29 is 9.59 Å². The number of hydrogen-bond donors (Lipinski definition) is 1. The maximum Gasteiger partial charge on any atom is 0.249 e. The summed E-state index contributed by atoms with van der Waals surface area (Å²) in [6, 6.07) is 7.39. The molecule has 2 rings (SSSR count). The Morgan fingerprint density at radius 1 is 1.32 bits per heavy atom. The highest BCUT2D eigenvalue weighted by Gasteiger charge is 2.32. The summed E-state index contributed by atoms with van der Waals surface area (Å²) in [6.07, 6.45) is 0.350. The van der Waals surface area contributed by atoms with Crippen LogP contribution in [-0.2, 0) is 9.59 Å². The highest BCUT2D eigenvalue weighted by Crippen LogP contribution is 2.20. The lowest BCUT2D eigenvalue weighted by molar-refractivity contribution is -0.126. The van der Waals surface area contributed by atoms with E-state index in [1.165, 1.54) is 0 Å². The molecule has 0 bridgehead atoms. The van der Waals surface area contributed by atoms with Gasteiger partial charge in [0.2, 0.25) is 11.8 Å². The number of benzene rings is 1. The number of anilines is 1. The van der Waals surface area contributed by atoms with Crippen LogP contribution in [0.15, 0.2) is 24.3 Å². The van der Waals surface area contributed by atoms with Crippen LogP contribution < -0.4 is 10.2 Å². The summed E-state index contributed by atoms with van der Waals surface area (Å²) in [5.41, 5.74) is 1.97. The molecule has 1 aromatic rings. The van der Waals surface area contributed by atoms with Crippen molar-refractivity contribution in [3.05, 3.63) is 29.8 Å². The second-order valence-corrected chi connectivity index (χ2v) is 5.37. The third-order valence-electron chi connectivity index (χ3n) is 3.39. The van der Waals surface area contributed by atoms with Crippen LogP contribution in [-0.4, -0.2) is 24.4 Å². The molecule has 4 heteroatoms. The second-order valence-electron chi connectivity index (χ2n) is 5.37. The average molecular weight is 260 g/mol. The van der Waals surface area contributed by atoms with Gasteiger partial charge in [-0.15, -0.1) is 0 Å². The summed E-state index contributed by atoms with van der Waals surface area (Å²) in [5, 5.41) is 2.81. The highest BCUT2D eigenvalue weighted by atomic mass is 16.2. The molecule has 1 saturated heterocycles. The number of amides is 2. The van der Waals surface area contributed by atoms with Gasteiger partial charge in [0.1, 0.15) is 6.04 Å². The van der Waals surface area contributed by atoms with Crippen LogP contribution in [0.1, 0.15) is 25.8 Å². The van der Waals surface area contributed by atoms with Crippen LogP contribution in [0.5, 0.6) is 0 Å². The molecule has 1 N–H and O–H groups in total. The zero-order valence-electron chi connectivity index (χ0n) is 11.6. The largest absolute Gasteiger partial charge is 0.344 e. The molecule has 1 heterocycles. The first kappa shape index (κ1) is 13.6. The Morgan fingerprint density at radius 3 is 2.68 bits per heavy atom. The summed E-state index contributed by atoms with van der Waals surface area (Å²) in [6.45, 7) is 6.33. The Morgan fingerprint density at radius 2 is 2.05 bits per heavy atom. The predicted molar refractivity (Wildman–Crippen MR) is 74.9 cm³/mol. The minimum absolute atomic E-state index is 0.0218. The lowest BCUT2D eigenvalue weighted by atomic mass is 10.0. The van der Waals surface area contributed by atoms with Crippen molar-refractivity contribution in [1.82, 2.24) is 5.32 Å². The van der Waals surface area contributed by atoms with Crippen molar-refractivity contribution in [2.24, 2.45) is 5.92 Å². The Balaban J connectivity index is 2.33. The van der Waals surface area contributed by atoms with Crippen molar-refractivity contribution in [2.75, 3.05) is 11.4 Å². The molecule has 0 saturated carbocycles. The summed E-state index contributed by atoms with van der Waals surface area (Å²) < 4.78 is 0. The van der Waals surface area contributed by atoms with E-state index in [2.05, 4.69) is 5.32 Å². The molecule has 2 amide bonds. The summed E-state index contributed by atoms with van der Waals surface area (Å²) in [4.78, 5) is 26.0. The Bertz CT molecular complexity index is 497. The molecule has 0 aromatic heterocycles. The smallest absolute Gasteiger partial charge is 0.249 e. The summed E-state index contributed by atoms with van der Waals surface area (Å²) in [5.74, 6) is 0.00973. The van der Waals surface area contributed by atoms with Crippen molar-refractivity contribution in [1.29, 1.82) is 0 Å². The number of carbonyl (C=O) groups is 2. The van der Waals surface area contributed by atoms with Crippen molar-refractivity contribution in [2.45, 2.75) is 33.2 Å². The SMILES string of the molecule is Cc1cccc(N2CCC(=O)NC(C(C)C)C2=O)c1. The van der Waals surface area contributed by atoms with Gasteiger partial charge in [0.15, 0.2) is 0 Å². The fraction of sp³-hybridized carbons (Fsp3) is 0.467. The van der Waals surface area contributed by atoms with E-state index < -0.39 is 6.04 Å². The predicted octanol–water partition coefficient (Wildman–Crippen LogP) is 1.87. The molecule has 1 aliphatic heterocycles. The van der Waals surface area contributed by atoms with E-state index in [0.717, 1.165) is 11.3 Å². The third-order valence-corrected chi connectivity index (χ3v) is 3.39. The topological polar surface area (TPSA) is 49.4 Å². The molecule has 4 nitrogen and oxygen atoms in total. The van der Waals surface area contributed by atoms with E-state index in [4.69, 9.17) is 0 Å². The molecule has 1 unspecified atom stereocenters. The Labute approximate surface area is 113 Å². The van der Waals surface area contributed by atoms with E-state index in [0.29, 0.717) is 13.0 Å². The van der Waals surface area contributed by atoms with Crippen LogP contribution in [0, 0.1) is 12.8 Å². The van der Waals surface area contributed by atoms with Gasteiger partial charge >= 0.3 is 0 Å². The van der Waals surface area contributed by atoms with Crippen LogP contribution >= 0.6 is 0 Å². The average Bonchev–Trinajstić information content (AvgIpc) is 2.49. The summed E-state index contributed by atoms with van der Waals surface area (Å²) in [7, 11) is 0. The van der Waals surface area contributed by atoms with Gasteiger partial charge in [-0.05, 0) is 30.5 Å². The van der Waals surface area contributed by atoms with Crippen LogP contribution in [0.2, 0.25) is 0 Å². The van der Waals surface area contributed by atoms with Crippen molar-refractivity contribution in [3.63, 3.8) is 0 Å². The minimum Gasteiger partial charge on any atom is -0.344 e. The molecular weight excluding hydrogens is 240 g/mol. The van der Waals surface area contributed by atoms with Gasteiger partial charge in [0, 0.05) is 18.7 Å². The van der Waals surface area contributed by atoms with Crippen molar-refractivity contribution in [3.8, 4) is 0 Å². The van der Waals surface area contributed by atoms with Gasteiger partial charge in [-0.1, -0.05) is 26.0 Å². The maximum absolute atomic E-state index is 12.6. The van der Waals surface area contributed by atoms with Gasteiger partial charge in [0.05, 0.1) is 0 Å². The molecule has 0 aliphatic carbocycles. The van der Waals surface area contributed by atoms with E-state index in [1.807, 2.05) is 45.0 Å². The third kappa shape index (κ3) is 2.95. The zero-order valence-corrected chi connectivity index (χ0v) is 11.6. The van der Waals surface area contributed by atoms with Gasteiger partial charge in [-0.2, -0.15) is 0 Å². The van der Waals surface area contributed by atoms with Gasteiger partial charge in [-0.25, -0.2) is 0 Å². The fourth-order valence-electron chi connectivity index (χ4n) is 2.30.